The van der Waals surface area contributed by atoms with Gasteiger partial charge in [-0.25, -0.2) is 24.0 Å². The maximum absolute atomic E-state index is 11.7. The molecule has 8 aliphatic rings. The molecule has 0 aromatic carbocycles. The topological polar surface area (TPSA) is 220 Å². The first-order valence-corrected chi connectivity index (χ1v) is 20.2. The number of esters is 7. The van der Waals surface area contributed by atoms with Gasteiger partial charge in [-0.05, 0) is 53.4 Å². The number of carbonyl (C=O) groups excluding carboxylic acids is 8. The van der Waals surface area contributed by atoms with Crippen LogP contribution in [0.5, 0.6) is 0 Å². The Balaban J connectivity index is 0.000000158. The van der Waals surface area contributed by atoms with Crippen LogP contribution in [0.1, 0.15) is 72.6 Å². The summed E-state index contributed by atoms with van der Waals surface area (Å²) in [5, 5.41) is 0. The number of Topliss-reactive ketones (excluding diaryl/α,β-unsaturated/α-hetero) is 1. The van der Waals surface area contributed by atoms with Crippen LogP contribution in [-0.2, 0) is 81.0 Å². The van der Waals surface area contributed by atoms with Gasteiger partial charge in [0.15, 0.2) is 18.5 Å². The summed E-state index contributed by atoms with van der Waals surface area (Å²) >= 11 is 0. The first kappa shape index (κ1) is 46.5. The molecule has 0 N–H and O–H groups in total. The molecule has 3 saturated carbocycles. The van der Waals surface area contributed by atoms with Crippen molar-refractivity contribution >= 4 is 47.6 Å². The highest BCUT2D eigenvalue weighted by molar-refractivity contribution is 5.92. The van der Waals surface area contributed by atoms with Crippen molar-refractivity contribution in [1.29, 1.82) is 0 Å². The molecule has 3 aliphatic carbocycles. The number of hydrogen-bond acceptors (Lipinski definition) is 17. The summed E-state index contributed by atoms with van der Waals surface area (Å²) in [5.41, 5.74) is 1.32. The standard InChI is InChI=1S/C14H16O6.C13H16O4.C9H12O3.C8H10O4/c1-6(2)13(16)18-5-10(15)19-11-7-3-8-9(4-7)14(17)20-12(8)11;1-6(2)13(14)17-10-4-9-8-5-15-7(3)11(8)12(10)16-9;1-6(2)9(11)12-8-5-3-4-7(8)10;1-5(2)8(10)12-6-3-7(9)11-4-6/h7-9,11-12H,1,3-5H2,2H3;8-12H,1,3-5H2,2H3;8H,1,3-5H2,2H3;6H,1,3-4H2,2H3. The molecular weight excluding hydrogens is 800 g/mol. The molecule has 0 spiro atoms. The van der Waals surface area contributed by atoms with E-state index in [0.29, 0.717) is 42.1 Å². The second kappa shape index (κ2) is 19.9. The maximum Gasteiger partial charge on any atom is 0.344 e. The van der Waals surface area contributed by atoms with Crippen LogP contribution in [0.15, 0.2) is 60.9 Å². The fourth-order valence-corrected chi connectivity index (χ4v) is 8.51. The zero-order valence-electron chi connectivity index (χ0n) is 35.0. The lowest BCUT2D eigenvalue weighted by molar-refractivity contribution is -0.168. The molecule has 5 aliphatic heterocycles. The molecule has 0 radical (unpaired) electrons. The zero-order chi connectivity index (χ0) is 44.9. The summed E-state index contributed by atoms with van der Waals surface area (Å²) in [4.78, 5) is 89.4. The summed E-state index contributed by atoms with van der Waals surface area (Å²) in [5.74, 6) is -1.26. The van der Waals surface area contributed by atoms with Crippen molar-refractivity contribution in [3.05, 3.63) is 60.9 Å². The number of fused-ring (bicyclic) bond motifs is 6. The molecule has 17 heteroatoms. The molecule has 5 saturated heterocycles. The average Bonchev–Trinajstić information content (AvgIpc) is 4.07. The van der Waals surface area contributed by atoms with Gasteiger partial charge in [-0.3, -0.25) is 14.4 Å². The third-order valence-electron chi connectivity index (χ3n) is 11.5. The van der Waals surface area contributed by atoms with Crippen LogP contribution < -0.4 is 0 Å². The van der Waals surface area contributed by atoms with Gasteiger partial charge in [-0.15, -0.1) is 0 Å². The minimum Gasteiger partial charge on any atom is -0.498 e. The van der Waals surface area contributed by atoms with Gasteiger partial charge in [-0.1, -0.05) is 32.9 Å². The summed E-state index contributed by atoms with van der Waals surface area (Å²) in [6, 6.07) is 0. The van der Waals surface area contributed by atoms with Crippen molar-refractivity contribution in [3.63, 3.8) is 0 Å². The number of rotatable bonds is 10. The fourth-order valence-electron chi connectivity index (χ4n) is 8.51. The van der Waals surface area contributed by atoms with E-state index in [1.54, 1.807) is 20.8 Å². The van der Waals surface area contributed by atoms with Crippen LogP contribution in [0.3, 0.4) is 0 Å². The quantitative estimate of drug-likeness (QED) is 0.174. The Labute approximate surface area is 353 Å². The maximum atomic E-state index is 11.7. The Bertz CT molecular complexity index is 1880. The Hall–Kier alpha value is -5.58. The van der Waals surface area contributed by atoms with Crippen molar-refractivity contribution in [2.75, 3.05) is 19.8 Å². The molecule has 12 unspecified atom stereocenters. The molecule has 17 nitrogen and oxygen atoms in total. The average molecular weight is 855 g/mol. The SMILES string of the molecule is C=C(C)C(=O)OC1CC2OC1C1C(=C)OCC21.C=C(C)C(=O)OC1CCCC1=O.C=C(C)C(=O)OC1COC(=O)C1.C=C(C)C(=O)OCC(=O)OC1C2CC3C(=O)OC1C3C2. The molecule has 4 bridgehead atoms. The lowest BCUT2D eigenvalue weighted by Gasteiger charge is -2.26. The van der Waals surface area contributed by atoms with Gasteiger partial charge in [0.05, 0.1) is 36.7 Å². The van der Waals surface area contributed by atoms with E-state index >= 15 is 0 Å². The second-order valence-electron chi connectivity index (χ2n) is 16.5. The van der Waals surface area contributed by atoms with Gasteiger partial charge in [-0.2, -0.15) is 0 Å². The van der Waals surface area contributed by atoms with Gasteiger partial charge in [0.25, 0.3) is 0 Å². The normalized spacial score (nSPS) is 32.5. The van der Waals surface area contributed by atoms with Crippen molar-refractivity contribution in [3.8, 4) is 0 Å². The van der Waals surface area contributed by atoms with E-state index in [-0.39, 0.29) is 90.4 Å². The van der Waals surface area contributed by atoms with Gasteiger partial charge >= 0.3 is 41.8 Å². The van der Waals surface area contributed by atoms with E-state index in [1.165, 1.54) is 6.92 Å². The molecule has 8 rings (SSSR count). The van der Waals surface area contributed by atoms with Gasteiger partial charge < -0.3 is 42.6 Å². The first-order chi connectivity index (χ1) is 28.7. The van der Waals surface area contributed by atoms with E-state index in [0.717, 1.165) is 31.4 Å². The van der Waals surface area contributed by atoms with Crippen LogP contribution in [-0.4, -0.2) is 110 Å². The molecule has 332 valence electrons. The fraction of sp³-hybridized carbons (Fsp3) is 0.591. The van der Waals surface area contributed by atoms with E-state index in [1.807, 2.05) is 0 Å². The summed E-state index contributed by atoms with van der Waals surface area (Å²) < 4.78 is 46.4. The Morgan fingerprint density at radius 3 is 1.95 bits per heavy atom. The van der Waals surface area contributed by atoms with Crippen molar-refractivity contribution in [2.24, 2.45) is 29.6 Å². The third kappa shape index (κ3) is 11.2. The molecule has 61 heavy (non-hydrogen) atoms. The number of hydrogen-bond donors (Lipinski definition) is 0. The molecular formula is C44H54O17. The molecule has 12 atom stereocenters. The predicted molar refractivity (Wildman–Crippen MR) is 209 cm³/mol. The predicted octanol–water partition coefficient (Wildman–Crippen LogP) is 3.67. The largest absolute Gasteiger partial charge is 0.498 e. The van der Waals surface area contributed by atoms with Crippen LogP contribution in [0, 0.1) is 29.6 Å². The smallest absolute Gasteiger partial charge is 0.344 e. The van der Waals surface area contributed by atoms with Gasteiger partial charge in [0, 0.05) is 52.9 Å². The van der Waals surface area contributed by atoms with Gasteiger partial charge in [0.1, 0.15) is 37.1 Å². The monoisotopic (exact) mass is 854 g/mol. The molecule has 0 aromatic heterocycles. The molecule has 0 aromatic rings. The van der Waals surface area contributed by atoms with E-state index < -0.39 is 48.8 Å². The molecule has 8 fully saturated rings. The molecule has 5 heterocycles. The highest BCUT2D eigenvalue weighted by atomic mass is 16.6. The van der Waals surface area contributed by atoms with Crippen molar-refractivity contribution in [1.82, 2.24) is 0 Å². The van der Waals surface area contributed by atoms with Gasteiger partial charge in [0.2, 0.25) is 0 Å². The Kier molecular flexibility index (Phi) is 15.1. The van der Waals surface area contributed by atoms with Crippen molar-refractivity contribution < 1.29 is 81.0 Å². The summed E-state index contributed by atoms with van der Waals surface area (Å²) in [6.45, 7) is 24.4. The minimum absolute atomic E-state index is 0.0128. The lowest BCUT2D eigenvalue weighted by Crippen LogP contribution is -2.38. The van der Waals surface area contributed by atoms with E-state index in [9.17, 15) is 38.4 Å². The third-order valence-corrected chi connectivity index (χ3v) is 11.5. The molecule has 0 amide bonds. The van der Waals surface area contributed by atoms with Crippen molar-refractivity contribution in [2.45, 2.75) is 115 Å². The number of ether oxygens (including phenoxy) is 9. The van der Waals surface area contributed by atoms with Crippen LogP contribution in [0.2, 0.25) is 0 Å². The zero-order valence-corrected chi connectivity index (χ0v) is 35.0. The number of carbonyl (C=O) groups is 8. The van der Waals surface area contributed by atoms with Crippen LogP contribution in [0.4, 0.5) is 0 Å². The van der Waals surface area contributed by atoms with Crippen LogP contribution in [0.25, 0.3) is 0 Å². The highest BCUT2D eigenvalue weighted by Crippen LogP contribution is 2.55. The summed E-state index contributed by atoms with van der Waals surface area (Å²) in [6.07, 6.45) is 2.79. The Morgan fingerprint density at radius 1 is 0.721 bits per heavy atom. The highest BCUT2D eigenvalue weighted by Gasteiger charge is 2.63. The first-order valence-electron chi connectivity index (χ1n) is 20.2. The lowest BCUT2D eigenvalue weighted by atomic mass is 9.79. The number of ketones is 1. The van der Waals surface area contributed by atoms with E-state index in [4.69, 9.17) is 37.9 Å². The summed E-state index contributed by atoms with van der Waals surface area (Å²) in [7, 11) is 0. The number of cyclic esters (lactones) is 1. The second-order valence-corrected chi connectivity index (χ2v) is 16.5. The van der Waals surface area contributed by atoms with E-state index in [2.05, 4.69) is 37.6 Å². The minimum atomic E-state index is -0.623. The van der Waals surface area contributed by atoms with Crippen LogP contribution >= 0.6 is 0 Å². The Morgan fingerprint density at radius 2 is 1.36 bits per heavy atom.